The highest BCUT2D eigenvalue weighted by molar-refractivity contribution is 6.30. The molecule has 1 aliphatic heterocycles. The first-order valence-corrected chi connectivity index (χ1v) is 9.30. The number of carbonyl (C=O) groups is 1. The third-order valence-corrected chi connectivity index (χ3v) is 5.27. The molecule has 0 bridgehead atoms. The molecule has 3 rings (SSSR count). The second kappa shape index (κ2) is 8.56. The summed E-state index contributed by atoms with van der Waals surface area (Å²) in [6.07, 6.45) is 2.07. The Morgan fingerprint density at radius 2 is 1.85 bits per heavy atom. The van der Waals surface area contributed by atoms with Crippen molar-refractivity contribution in [3.8, 4) is 5.75 Å². The van der Waals surface area contributed by atoms with Gasteiger partial charge in [-0.1, -0.05) is 35.9 Å². The molecule has 5 heteroatoms. The van der Waals surface area contributed by atoms with Gasteiger partial charge in [0.25, 0.3) is 0 Å². The largest absolute Gasteiger partial charge is 0.508 e. The predicted octanol–water partition coefficient (Wildman–Crippen LogP) is 4.21. The molecular weight excluding hydrogens is 350 g/mol. The van der Waals surface area contributed by atoms with Crippen LogP contribution in [0, 0.1) is 0 Å². The molecule has 1 amide bonds. The number of benzene rings is 2. The van der Waals surface area contributed by atoms with Gasteiger partial charge in [-0.05, 0) is 48.2 Å². The van der Waals surface area contributed by atoms with E-state index in [9.17, 15) is 9.90 Å². The van der Waals surface area contributed by atoms with Crippen molar-refractivity contribution in [2.75, 3.05) is 20.3 Å². The van der Waals surface area contributed by atoms with Crippen LogP contribution in [-0.4, -0.2) is 42.2 Å². The number of nitrogens with zero attached hydrogens (tertiary/aromatic N) is 1. The molecule has 2 aromatic rings. The standard InChI is InChI=1S/C21H24ClNO3/c1-23(18-8-10-26-11-9-18)21(25)14-20(15-4-2-6-17(22)12-15)16-5-3-7-19(24)13-16/h2-7,12-13,18,20,24H,8-11,14H2,1H3/t20-/m0/s1. The number of amides is 1. The van der Waals surface area contributed by atoms with Crippen LogP contribution in [0.25, 0.3) is 0 Å². The van der Waals surface area contributed by atoms with Crippen molar-refractivity contribution in [3.05, 3.63) is 64.7 Å². The molecule has 1 saturated heterocycles. The first-order chi connectivity index (χ1) is 12.5. The van der Waals surface area contributed by atoms with Crippen LogP contribution in [0.15, 0.2) is 48.5 Å². The van der Waals surface area contributed by atoms with Gasteiger partial charge in [-0.25, -0.2) is 0 Å². The number of aromatic hydroxyl groups is 1. The van der Waals surface area contributed by atoms with E-state index in [1.165, 1.54) is 0 Å². The summed E-state index contributed by atoms with van der Waals surface area (Å²) in [5, 5.41) is 10.5. The van der Waals surface area contributed by atoms with Crippen molar-refractivity contribution < 1.29 is 14.6 Å². The fourth-order valence-corrected chi connectivity index (χ4v) is 3.69. The van der Waals surface area contributed by atoms with E-state index in [4.69, 9.17) is 16.3 Å². The zero-order chi connectivity index (χ0) is 18.5. The summed E-state index contributed by atoms with van der Waals surface area (Å²) in [7, 11) is 1.87. The topological polar surface area (TPSA) is 49.8 Å². The number of phenols is 1. The van der Waals surface area contributed by atoms with Gasteiger partial charge in [0.05, 0.1) is 0 Å². The molecule has 26 heavy (non-hydrogen) atoms. The summed E-state index contributed by atoms with van der Waals surface area (Å²) in [5.41, 5.74) is 1.87. The van der Waals surface area contributed by atoms with E-state index in [0.717, 1.165) is 24.0 Å². The van der Waals surface area contributed by atoms with E-state index >= 15 is 0 Å². The van der Waals surface area contributed by atoms with E-state index in [0.29, 0.717) is 24.7 Å². The molecule has 1 heterocycles. The van der Waals surface area contributed by atoms with Gasteiger partial charge >= 0.3 is 0 Å². The normalized spacial score (nSPS) is 16.2. The zero-order valence-electron chi connectivity index (χ0n) is 14.9. The first-order valence-electron chi connectivity index (χ1n) is 8.92. The number of phenolic OH excluding ortho intramolecular Hbond substituents is 1. The minimum absolute atomic E-state index is 0.0882. The molecule has 0 aromatic heterocycles. The van der Waals surface area contributed by atoms with Crippen molar-refractivity contribution in [1.82, 2.24) is 4.90 Å². The molecule has 0 radical (unpaired) electrons. The van der Waals surface area contributed by atoms with Crippen molar-refractivity contribution >= 4 is 17.5 Å². The lowest BCUT2D eigenvalue weighted by Crippen LogP contribution is -2.41. The Morgan fingerprint density at radius 3 is 2.50 bits per heavy atom. The average molecular weight is 374 g/mol. The lowest BCUT2D eigenvalue weighted by atomic mass is 9.87. The molecule has 138 valence electrons. The zero-order valence-corrected chi connectivity index (χ0v) is 15.7. The van der Waals surface area contributed by atoms with Crippen LogP contribution in [0.5, 0.6) is 5.75 Å². The monoisotopic (exact) mass is 373 g/mol. The second-order valence-corrected chi connectivity index (χ2v) is 7.19. The Labute approximate surface area is 159 Å². The maximum atomic E-state index is 13.0. The summed E-state index contributed by atoms with van der Waals surface area (Å²) < 4.78 is 5.40. The Balaban J connectivity index is 1.84. The maximum Gasteiger partial charge on any atom is 0.223 e. The van der Waals surface area contributed by atoms with Crippen LogP contribution in [0.3, 0.4) is 0 Å². The lowest BCUT2D eigenvalue weighted by molar-refractivity contribution is -0.133. The van der Waals surface area contributed by atoms with E-state index in [1.54, 1.807) is 18.2 Å². The highest BCUT2D eigenvalue weighted by Gasteiger charge is 2.26. The van der Waals surface area contributed by atoms with E-state index in [-0.39, 0.29) is 23.6 Å². The number of hydrogen-bond acceptors (Lipinski definition) is 3. The molecule has 1 aliphatic rings. The van der Waals surface area contributed by atoms with E-state index < -0.39 is 0 Å². The second-order valence-electron chi connectivity index (χ2n) is 6.75. The molecule has 1 atom stereocenters. The van der Waals surface area contributed by atoms with Gasteiger partial charge in [0.1, 0.15) is 5.75 Å². The smallest absolute Gasteiger partial charge is 0.223 e. The molecule has 0 aliphatic carbocycles. The van der Waals surface area contributed by atoms with Crippen molar-refractivity contribution in [2.45, 2.75) is 31.2 Å². The van der Waals surface area contributed by atoms with Crippen molar-refractivity contribution in [2.24, 2.45) is 0 Å². The number of rotatable bonds is 5. The van der Waals surface area contributed by atoms with Crippen molar-refractivity contribution in [3.63, 3.8) is 0 Å². The Bertz CT molecular complexity index is 713. The number of carbonyl (C=O) groups excluding carboxylic acids is 1. The van der Waals surface area contributed by atoms with Crippen LogP contribution >= 0.6 is 11.6 Å². The fourth-order valence-electron chi connectivity index (χ4n) is 3.49. The van der Waals surface area contributed by atoms with Crippen LogP contribution in [0.2, 0.25) is 5.02 Å². The highest BCUT2D eigenvalue weighted by atomic mass is 35.5. The van der Waals surface area contributed by atoms with Crippen LogP contribution in [0.4, 0.5) is 0 Å². The van der Waals surface area contributed by atoms with Gasteiger partial charge in [-0.3, -0.25) is 4.79 Å². The van der Waals surface area contributed by atoms with E-state index in [2.05, 4.69) is 0 Å². The minimum Gasteiger partial charge on any atom is -0.508 e. The van der Waals surface area contributed by atoms with E-state index in [1.807, 2.05) is 42.3 Å². The molecule has 1 N–H and O–H groups in total. The number of ether oxygens (including phenoxy) is 1. The van der Waals surface area contributed by atoms with Crippen LogP contribution in [0.1, 0.15) is 36.3 Å². The molecule has 4 nitrogen and oxygen atoms in total. The quantitative estimate of drug-likeness (QED) is 0.854. The van der Waals surface area contributed by atoms with Gasteiger partial charge in [0, 0.05) is 43.7 Å². The maximum absolute atomic E-state index is 13.0. The number of halogens is 1. The molecular formula is C21H24ClNO3. The summed E-state index contributed by atoms with van der Waals surface area (Å²) in [6, 6.07) is 14.9. The molecule has 0 spiro atoms. The Morgan fingerprint density at radius 1 is 1.19 bits per heavy atom. The molecule has 0 unspecified atom stereocenters. The molecule has 2 aromatic carbocycles. The Hall–Kier alpha value is -2.04. The van der Waals surface area contributed by atoms with Gasteiger partial charge in [-0.15, -0.1) is 0 Å². The van der Waals surface area contributed by atoms with Crippen LogP contribution < -0.4 is 0 Å². The van der Waals surface area contributed by atoms with Crippen LogP contribution in [-0.2, 0) is 9.53 Å². The summed E-state index contributed by atoms with van der Waals surface area (Å²) in [5.74, 6) is 0.126. The lowest BCUT2D eigenvalue weighted by Gasteiger charge is -2.32. The highest BCUT2D eigenvalue weighted by Crippen LogP contribution is 2.32. The average Bonchev–Trinajstić information content (AvgIpc) is 2.66. The van der Waals surface area contributed by atoms with Gasteiger partial charge < -0.3 is 14.7 Å². The SMILES string of the molecule is CN(C(=O)C[C@H](c1cccc(O)c1)c1cccc(Cl)c1)C1CCOCC1. The first kappa shape index (κ1) is 18.7. The Kier molecular flexibility index (Phi) is 6.17. The van der Waals surface area contributed by atoms with Gasteiger partial charge in [0.2, 0.25) is 5.91 Å². The summed E-state index contributed by atoms with van der Waals surface area (Å²) >= 11 is 6.17. The van der Waals surface area contributed by atoms with Gasteiger partial charge in [0.15, 0.2) is 0 Å². The molecule has 0 saturated carbocycles. The summed E-state index contributed by atoms with van der Waals surface area (Å²) in [4.78, 5) is 14.8. The van der Waals surface area contributed by atoms with Crippen molar-refractivity contribution in [1.29, 1.82) is 0 Å². The fraction of sp³-hybridized carbons (Fsp3) is 0.381. The third-order valence-electron chi connectivity index (χ3n) is 5.03. The predicted molar refractivity (Wildman–Crippen MR) is 103 cm³/mol. The third kappa shape index (κ3) is 4.57. The minimum atomic E-state index is -0.157. The summed E-state index contributed by atoms with van der Waals surface area (Å²) in [6.45, 7) is 1.40. The van der Waals surface area contributed by atoms with Gasteiger partial charge in [-0.2, -0.15) is 0 Å². The number of hydrogen-bond donors (Lipinski definition) is 1. The molecule has 1 fully saturated rings.